The van der Waals surface area contributed by atoms with Crippen LogP contribution in [0.2, 0.25) is 10.0 Å². The molecule has 1 saturated heterocycles. The van der Waals surface area contributed by atoms with Crippen molar-refractivity contribution in [3.63, 3.8) is 0 Å². The third-order valence-electron chi connectivity index (χ3n) is 6.81. The lowest BCUT2D eigenvalue weighted by Crippen LogP contribution is -2.34. The van der Waals surface area contributed by atoms with Crippen molar-refractivity contribution in [1.29, 1.82) is 0 Å². The Hall–Kier alpha value is -3.17. The number of fused-ring (bicyclic) bond motifs is 1. The fourth-order valence-electron chi connectivity index (χ4n) is 4.69. The molecule has 11 heteroatoms. The van der Waals surface area contributed by atoms with Crippen LogP contribution in [0.1, 0.15) is 25.7 Å². The fourth-order valence-corrected chi connectivity index (χ4v) is 5.15. The van der Waals surface area contributed by atoms with Crippen molar-refractivity contribution >= 4 is 34.7 Å². The Balaban J connectivity index is 1.03. The fraction of sp³-hybridized carbons (Fsp3) is 0.423. The van der Waals surface area contributed by atoms with E-state index in [2.05, 4.69) is 22.0 Å². The number of hydrogen-bond donors (Lipinski definition) is 0. The molecular formula is C26H28Cl2N4O5. The maximum absolute atomic E-state index is 10.9. The number of anilines is 1. The molecule has 0 amide bonds. The number of imidazole rings is 1. The van der Waals surface area contributed by atoms with Gasteiger partial charge >= 0.3 is 11.8 Å². The maximum Gasteiger partial charge on any atom is 0.414 e. The van der Waals surface area contributed by atoms with Gasteiger partial charge in [-0.2, -0.15) is 0 Å². The number of aryl methyl sites for hydroxylation is 1. The molecule has 2 aromatic carbocycles. The Bertz CT molecular complexity index is 1230. The van der Waals surface area contributed by atoms with Crippen LogP contribution < -0.4 is 19.1 Å². The van der Waals surface area contributed by atoms with Crippen LogP contribution in [0.5, 0.6) is 17.5 Å². The molecule has 0 radical (unpaired) electrons. The van der Waals surface area contributed by atoms with E-state index < -0.39 is 4.92 Å². The summed E-state index contributed by atoms with van der Waals surface area (Å²) in [4.78, 5) is 16.7. The van der Waals surface area contributed by atoms with Crippen LogP contribution in [-0.2, 0) is 6.54 Å². The van der Waals surface area contributed by atoms with Crippen molar-refractivity contribution in [2.75, 3.05) is 31.2 Å². The van der Waals surface area contributed by atoms with Gasteiger partial charge in [-0.1, -0.05) is 23.2 Å². The van der Waals surface area contributed by atoms with Gasteiger partial charge in [-0.15, -0.1) is 0 Å². The molecule has 0 unspecified atom stereocenters. The van der Waals surface area contributed by atoms with E-state index in [0.717, 1.165) is 38.1 Å². The van der Waals surface area contributed by atoms with E-state index in [-0.39, 0.29) is 17.9 Å². The summed E-state index contributed by atoms with van der Waals surface area (Å²) in [6.07, 6.45) is 5.13. The number of hydrogen-bond acceptors (Lipinski definition) is 7. The average molecular weight is 547 g/mol. The first kappa shape index (κ1) is 25.5. The monoisotopic (exact) mass is 546 g/mol. The van der Waals surface area contributed by atoms with E-state index in [4.69, 9.17) is 37.4 Å². The van der Waals surface area contributed by atoms with E-state index >= 15 is 0 Å². The van der Waals surface area contributed by atoms with Gasteiger partial charge in [-0.05, 0) is 72.6 Å². The minimum absolute atomic E-state index is 0.201. The number of benzene rings is 2. The number of nitrogens with zero attached hydrogens (tertiary/aromatic N) is 4. The van der Waals surface area contributed by atoms with E-state index in [1.54, 1.807) is 16.7 Å². The van der Waals surface area contributed by atoms with E-state index in [0.29, 0.717) is 47.9 Å². The highest BCUT2D eigenvalue weighted by Gasteiger charge is 2.28. The molecule has 0 N–H and O–H groups in total. The van der Waals surface area contributed by atoms with Crippen LogP contribution in [-0.4, -0.2) is 46.9 Å². The Morgan fingerprint density at radius 2 is 1.84 bits per heavy atom. The summed E-state index contributed by atoms with van der Waals surface area (Å²) in [5.74, 6) is 1.86. The van der Waals surface area contributed by atoms with E-state index in [1.807, 2.05) is 18.2 Å². The molecule has 3 aromatic rings. The normalized spacial score (nSPS) is 17.7. The minimum atomic E-state index is -0.516. The smallest absolute Gasteiger partial charge is 0.414 e. The first-order valence-electron chi connectivity index (χ1n) is 12.4. The summed E-state index contributed by atoms with van der Waals surface area (Å²) in [5, 5.41) is 12.1. The highest BCUT2D eigenvalue weighted by Crippen LogP contribution is 2.30. The molecule has 0 spiro atoms. The lowest BCUT2D eigenvalue weighted by atomic mass is 9.93. The minimum Gasteiger partial charge on any atom is -0.492 e. The Morgan fingerprint density at radius 1 is 1.05 bits per heavy atom. The summed E-state index contributed by atoms with van der Waals surface area (Å²) in [6.45, 7) is 3.61. The summed E-state index contributed by atoms with van der Waals surface area (Å²) in [5.41, 5.74) is 1.18. The number of rotatable bonds is 9. The summed E-state index contributed by atoms with van der Waals surface area (Å²) in [7, 11) is 0. The summed E-state index contributed by atoms with van der Waals surface area (Å²) in [6, 6.07) is 13.7. The van der Waals surface area contributed by atoms with Crippen molar-refractivity contribution in [3.05, 3.63) is 68.8 Å². The SMILES string of the molecule is O=[N+]([O-])c1cn2c(n1)O[C@@H](COc1ccc(N3CCC(CCOc4ccc(Cl)cc4Cl)CC3)cc1)CC2. The third-order valence-corrected chi connectivity index (χ3v) is 7.34. The molecule has 5 rings (SSSR count). The van der Waals surface area contributed by atoms with Crippen molar-refractivity contribution in [3.8, 4) is 17.5 Å². The molecule has 1 atom stereocenters. The summed E-state index contributed by atoms with van der Waals surface area (Å²) < 4.78 is 19.2. The van der Waals surface area contributed by atoms with Crippen molar-refractivity contribution in [2.24, 2.45) is 5.92 Å². The summed E-state index contributed by atoms with van der Waals surface area (Å²) >= 11 is 12.1. The first-order valence-corrected chi connectivity index (χ1v) is 13.1. The van der Waals surface area contributed by atoms with Crippen LogP contribution >= 0.6 is 23.2 Å². The molecule has 1 fully saturated rings. The standard InChI is InChI=1S/C26H28Cl2N4O5/c27-19-1-6-24(23(28)15-19)35-14-10-18-7-11-30(12-8-18)20-2-4-21(5-3-20)36-17-22-9-13-31-16-25(32(33)34)29-26(31)37-22/h1-6,15-16,18,22H,7-14,17H2/t22-/m1/s1. The number of halogens is 2. The number of ether oxygens (including phenoxy) is 3. The molecule has 3 heterocycles. The van der Waals surface area contributed by atoms with Crippen molar-refractivity contribution in [2.45, 2.75) is 38.3 Å². The van der Waals surface area contributed by atoms with Gasteiger partial charge in [-0.3, -0.25) is 4.57 Å². The van der Waals surface area contributed by atoms with Gasteiger partial charge in [0.2, 0.25) is 0 Å². The van der Waals surface area contributed by atoms with Crippen molar-refractivity contribution in [1.82, 2.24) is 9.55 Å². The predicted octanol–water partition coefficient (Wildman–Crippen LogP) is 6.01. The lowest BCUT2D eigenvalue weighted by molar-refractivity contribution is -0.389. The zero-order valence-electron chi connectivity index (χ0n) is 20.2. The van der Waals surface area contributed by atoms with Gasteiger partial charge in [0.25, 0.3) is 0 Å². The zero-order valence-corrected chi connectivity index (χ0v) is 21.7. The van der Waals surface area contributed by atoms with Gasteiger partial charge in [0.05, 0.1) is 11.6 Å². The van der Waals surface area contributed by atoms with Gasteiger partial charge in [0.15, 0.2) is 0 Å². The van der Waals surface area contributed by atoms with Crippen LogP contribution in [0.4, 0.5) is 11.5 Å². The van der Waals surface area contributed by atoms with Crippen LogP contribution in [0.15, 0.2) is 48.7 Å². The van der Waals surface area contributed by atoms with Gasteiger partial charge in [0.1, 0.15) is 30.4 Å². The van der Waals surface area contributed by atoms with E-state index in [9.17, 15) is 10.1 Å². The predicted molar refractivity (Wildman–Crippen MR) is 141 cm³/mol. The highest BCUT2D eigenvalue weighted by atomic mass is 35.5. The zero-order chi connectivity index (χ0) is 25.8. The molecular weight excluding hydrogens is 519 g/mol. The molecule has 0 bridgehead atoms. The molecule has 37 heavy (non-hydrogen) atoms. The Kier molecular flexibility index (Phi) is 7.90. The molecule has 2 aliphatic rings. The van der Waals surface area contributed by atoms with Crippen LogP contribution in [0.25, 0.3) is 0 Å². The topological polar surface area (TPSA) is 91.9 Å². The molecule has 0 aliphatic carbocycles. The van der Waals surface area contributed by atoms with Crippen LogP contribution in [0, 0.1) is 16.0 Å². The van der Waals surface area contributed by atoms with Crippen molar-refractivity contribution < 1.29 is 19.1 Å². The number of piperidine rings is 1. The Morgan fingerprint density at radius 3 is 2.57 bits per heavy atom. The molecule has 2 aliphatic heterocycles. The molecule has 1 aromatic heterocycles. The second-order valence-corrected chi connectivity index (χ2v) is 10.2. The second-order valence-electron chi connectivity index (χ2n) is 9.31. The number of aromatic nitrogens is 2. The van der Waals surface area contributed by atoms with Gasteiger partial charge < -0.3 is 29.2 Å². The number of nitro groups is 1. The Labute approximate surface area is 225 Å². The van der Waals surface area contributed by atoms with Gasteiger partial charge in [-0.25, -0.2) is 0 Å². The largest absolute Gasteiger partial charge is 0.492 e. The molecule has 9 nitrogen and oxygen atoms in total. The van der Waals surface area contributed by atoms with E-state index in [1.165, 1.54) is 11.9 Å². The maximum atomic E-state index is 10.9. The quantitative estimate of drug-likeness (QED) is 0.239. The molecule has 196 valence electrons. The highest BCUT2D eigenvalue weighted by molar-refractivity contribution is 6.35. The second kappa shape index (κ2) is 11.5. The average Bonchev–Trinajstić information content (AvgIpc) is 3.34. The lowest BCUT2D eigenvalue weighted by Gasteiger charge is -2.33. The first-order chi connectivity index (χ1) is 17.9. The van der Waals surface area contributed by atoms with Gasteiger partial charge in [0, 0.05) is 41.7 Å². The third kappa shape index (κ3) is 6.40. The molecule has 0 saturated carbocycles. The van der Waals surface area contributed by atoms with Crippen LogP contribution in [0.3, 0.4) is 0 Å².